The van der Waals surface area contributed by atoms with E-state index < -0.39 is 5.97 Å². The molecule has 0 saturated carbocycles. The number of aliphatic carboxylic acids is 1. The van der Waals surface area contributed by atoms with Gasteiger partial charge in [-0.3, -0.25) is 4.79 Å². The molecule has 2 rings (SSSR count). The van der Waals surface area contributed by atoms with Crippen LogP contribution in [0, 0.1) is 0 Å². The Morgan fingerprint density at radius 2 is 1.68 bits per heavy atom. The van der Waals surface area contributed by atoms with Crippen LogP contribution in [0.2, 0.25) is 0 Å². The zero-order chi connectivity index (χ0) is 13.7. The number of carboxylic acids is 1. The van der Waals surface area contributed by atoms with Crippen LogP contribution in [0.5, 0.6) is 0 Å². The summed E-state index contributed by atoms with van der Waals surface area (Å²) in [5.74, 6) is -0.802. The largest absolute Gasteiger partial charge is 0.481 e. The second kappa shape index (κ2) is 6.01. The first-order chi connectivity index (χ1) is 9.15. The zero-order valence-corrected chi connectivity index (χ0v) is 10.8. The first-order valence-electron chi connectivity index (χ1n) is 6.19. The van der Waals surface area contributed by atoms with Crippen molar-refractivity contribution in [1.29, 1.82) is 0 Å². The summed E-state index contributed by atoms with van der Waals surface area (Å²) in [5, 5.41) is 8.73. The lowest BCUT2D eigenvalue weighted by Gasteiger charge is -2.04. The van der Waals surface area contributed by atoms with Gasteiger partial charge < -0.3 is 5.11 Å². The minimum absolute atomic E-state index is 0.0712. The van der Waals surface area contributed by atoms with Gasteiger partial charge in [0, 0.05) is 0 Å². The van der Waals surface area contributed by atoms with Crippen LogP contribution in [-0.4, -0.2) is 11.1 Å². The first-order valence-corrected chi connectivity index (χ1v) is 6.19. The van der Waals surface area contributed by atoms with E-state index in [1.165, 1.54) is 0 Å². The molecule has 2 aromatic carbocycles. The highest BCUT2D eigenvalue weighted by atomic mass is 16.4. The summed E-state index contributed by atoms with van der Waals surface area (Å²) in [7, 11) is 0. The Labute approximate surface area is 113 Å². The van der Waals surface area contributed by atoms with Crippen LogP contribution in [0.3, 0.4) is 0 Å². The van der Waals surface area contributed by atoms with Crippen LogP contribution in [0.1, 0.15) is 23.6 Å². The molecule has 0 unspecified atom stereocenters. The van der Waals surface area contributed by atoms with Crippen LogP contribution in [-0.2, 0) is 11.2 Å². The number of benzene rings is 2. The molecule has 96 valence electrons. The average Bonchev–Trinajstić information content (AvgIpc) is 2.40. The van der Waals surface area contributed by atoms with Crippen molar-refractivity contribution in [2.45, 2.75) is 13.3 Å². The van der Waals surface area contributed by atoms with Gasteiger partial charge in [-0.25, -0.2) is 0 Å². The number of carboxylic acid groups (broad SMARTS) is 1. The van der Waals surface area contributed by atoms with E-state index in [0.29, 0.717) is 0 Å². The van der Waals surface area contributed by atoms with Crippen LogP contribution < -0.4 is 0 Å². The van der Waals surface area contributed by atoms with Crippen molar-refractivity contribution in [3.63, 3.8) is 0 Å². The van der Waals surface area contributed by atoms with Gasteiger partial charge in [-0.15, -0.1) is 0 Å². The molecule has 0 atom stereocenters. The zero-order valence-electron chi connectivity index (χ0n) is 10.8. The quantitative estimate of drug-likeness (QED) is 0.838. The molecular formula is C17H16O2. The van der Waals surface area contributed by atoms with E-state index in [4.69, 9.17) is 5.11 Å². The van der Waals surface area contributed by atoms with Crippen molar-refractivity contribution < 1.29 is 9.90 Å². The molecule has 0 aromatic heterocycles. The van der Waals surface area contributed by atoms with Crippen molar-refractivity contribution in [3.05, 3.63) is 71.3 Å². The third kappa shape index (κ3) is 3.81. The van der Waals surface area contributed by atoms with Gasteiger partial charge >= 0.3 is 5.97 Å². The molecule has 1 N–H and O–H groups in total. The summed E-state index contributed by atoms with van der Waals surface area (Å²) >= 11 is 0. The third-order valence-electron chi connectivity index (χ3n) is 2.95. The standard InChI is InChI=1S/C17H16O2/c1-13(11-14-5-3-2-4-6-14)16-9-7-15(8-10-16)12-17(18)19/h2-11H,12H2,1H3,(H,18,19)/b13-11+. The fourth-order valence-corrected chi connectivity index (χ4v) is 1.94. The SMILES string of the molecule is C/C(=C\c1ccccc1)c1ccc(CC(=O)O)cc1. The monoisotopic (exact) mass is 252 g/mol. The molecule has 2 aromatic rings. The molecule has 0 bridgehead atoms. The van der Waals surface area contributed by atoms with E-state index in [0.717, 1.165) is 22.3 Å². The molecule has 0 heterocycles. The lowest BCUT2D eigenvalue weighted by Crippen LogP contribution is -1.99. The molecule has 2 heteroatoms. The van der Waals surface area contributed by atoms with Crippen molar-refractivity contribution in [2.24, 2.45) is 0 Å². The van der Waals surface area contributed by atoms with Gasteiger partial charge in [0.1, 0.15) is 0 Å². The van der Waals surface area contributed by atoms with Gasteiger partial charge in [0.25, 0.3) is 0 Å². The molecule has 0 aliphatic carbocycles. The fourth-order valence-electron chi connectivity index (χ4n) is 1.94. The van der Waals surface area contributed by atoms with E-state index in [1.54, 1.807) is 0 Å². The van der Waals surface area contributed by atoms with Crippen LogP contribution in [0.25, 0.3) is 11.6 Å². The summed E-state index contributed by atoms with van der Waals surface area (Å²) in [6.45, 7) is 2.05. The third-order valence-corrected chi connectivity index (χ3v) is 2.95. The number of allylic oxidation sites excluding steroid dienone is 1. The molecular weight excluding hydrogens is 236 g/mol. The number of hydrogen-bond donors (Lipinski definition) is 1. The van der Waals surface area contributed by atoms with Crippen molar-refractivity contribution in [2.75, 3.05) is 0 Å². The van der Waals surface area contributed by atoms with Gasteiger partial charge in [0.05, 0.1) is 6.42 Å². The highest BCUT2D eigenvalue weighted by molar-refractivity contribution is 5.80. The summed E-state index contributed by atoms with van der Waals surface area (Å²) in [6, 6.07) is 17.8. The minimum atomic E-state index is -0.802. The fraction of sp³-hybridized carbons (Fsp3) is 0.118. The molecule has 0 saturated heterocycles. The molecule has 0 radical (unpaired) electrons. The molecule has 0 spiro atoms. The number of carbonyl (C=O) groups is 1. The summed E-state index contributed by atoms with van der Waals surface area (Å²) in [4.78, 5) is 10.6. The lowest BCUT2D eigenvalue weighted by atomic mass is 10.0. The van der Waals surface area contributed by atoms with Crippen molar-refractivity contribution in [3.8, 4) is 0 Å². The van der Waals surface area contributed by atoms with Crippen molar-refractivity contribution >= 4 is 17.6 Å². The topological polar surface area (TPSA) is 37.3 Å². The first kappa shape index (κ1) is 13.1. The normalized spacial score (nSPS) is 11.3. The summed E-state index contributed by atoms with van der Waals surface area (Å²) in [6.07, 6.45) is 2.19. The highest BCUT2D eigenvalue weighted by Crippen LogP contribution is 2.18. The molecule has 0 aliphatic rings. The number of rotatable bonds is 4. The van der Waals surface area contributed by atoms with Crippen molar-refractivity contribution in [1.82, 2.24) is 0 Å². The van der Waals surface area contributed by atoms with Gasteiger partial charge in [-0.1, -0.05) is 60.7 Å². The Bertz CT molecular complexity index is 580. The number of hydrogen-bond acceptors (Lipinski definition) is 1. The second-order valence-corrected chi connectivity index (χ2v) is 4.51. The Morgan fingerprint density at radius 1 is 1.05 bits per heavy atom. The predicted octanol–water partition coefficient (Wildman–Crippen LogP) is 3.87. The summed E-state index contributed by atoms with van der Waals surface area (Å²) in [5.41, 5.74) is 4.25. The van der Waals surface area contributed by atoms with E-state index in [2.05, 4.69) is 25.1 Å². The van der Waals surface area contributed by atoms with E-state index >= 15 is 0 Å². The Morgan fingerprint density at radius 3 is 2.26 bits per heavy atom. The van der Waals surface area contributed by atoms with E-state index in [1.807, 2.05) is 42.5 Å². The second-order valence-electron chi connectivity index (χ2n) is 4.51. The summed E-state index contributed by atoms with van der Waals surface area (Å²) < 4.78 is 0. The van der Waals surface area contributed by atoms with Crippen LogP contribution in [0.4, 0.5) is 0 Å². The molecule has 19 heavy (non-hydrogen) atoms. The van der Waals surface area contributed by atoms with E-state index in [-0.39, 0.29) is 6.42 Å². The molecule has 0 amide bonds. The highest BCUT2D eigenvalue weighted by Gasteiger charge is 2.01. The Kier molecular flexibility index (Phi) is 4.14. The maximum absolute atomic E-state index is 10.6. The smallest absolute Gasteiger partial charge is 0.307 e. The van der Waals surface area contributed by atoms with Crippen LogP contribution in [0.15, 0.2) is 54.6 Å². The van der Waals surface area contributed by atoms with Gasteiger partial charge in [-0.2, -0.15) is 0 Å². The Hall–Kier alpha value is -2.35. The van der Waals surface area contributed by atoms with Crippen LogP contribution >= 0.6 is 0 Å². The Balaban J connectivity index is 2.18. The van der Waals surface area contributed by atoms with Gasteiger partial charge in [-0.05, 0) is 29.2 Å². The van der Waals surface area contributed by atoms with Gasteiger partial charge in [0.2, 0.25) is 0 Å². The maximum Gasteiger partial charge on any atom is 0.307 e. The molecule has 0 fully saturated rings. The van der Waals surface area contributed by atoms with E-state index in [9.17, 15) is 4.79 Å². The molecule has 2 nitrogen and oxygen atoms in total. The maximum atomic E-state index is 10.6. The predicted molar refractivity (Wildman–Crippen MR) is 77.8 cm³/mol. The van der Waals surface area contributed by atoms with Gasteiger partial charge in [0.15, 0.2) is 0 Å². The average molecular weight is 252 g/mol. The minimum Gasteiger partial charge on any atom is -0.481 e. The lowest BCUT2D eigenvalue weighted by molar-refractivity contribution is -0.136. The molecule has 0 aliphatic heterocycles.